The molecule has 2 saturated carbocycles. The third-order valence-electron chi connectivity index (χ3n) is 9.93. The minimum absolute atomic E-state index is 0.409. The lowest BCUT2D eigenvalue weighted by Gasteiger charge is -2.43. The maximum Gasteiger partial charge on any atom is -0.00214 e. The van der Waals surface area contributed by atoms with Gasteiger partial charge in [-0.15, -0.1) is 0 Å². The maximum atomic E-state index is 2.51. The normalized spacial score (nSPS) is 23.2. The van der Waals surface area contributed by atoms with Crippen LogP contribution in [-0.4, -0.2) is 0 Å². The van der Waals surface area contributed by atoms with Crippen LogP contribution < -0.4 is 0 Å². The van der Waals surface area contributed by atoms with E-state index in [2.05, 4.69) is 69.3 Å². The van der Waals surface area contributed by atoms with Gasteiger partial charge >= 0.3 is 0 Å². The van der Waals surface area contributed by atoms with Gasteiger partial charge in [0.25, 0.3) is 0 Å². The molecule has 4 rings (SSSR count). The molecule has 1 atom stereocenters. The Labute approximate surface area is 217 Å². The largest absolute Gasteiger partial charge is 0.0654 e. The van der Waals surface area contributed by atoms with Crippen molar-refractivity contribution in [3.8, 4) is 11.1 Å². The van der Waals surface area contributed by atoms with E-state index in [0.717, 1.165) is 17.8 Å². The lowest BCUT2D eigenvalue weighted by Crippen LogP contribution is -2.36. The molecule has 35 heavy (non-hydrogen) atoms. The smallest absolute Gasteiger partial charge is 0.00214 e. The zero-order valence-electron chi connectivity index (χ0n) is 23.2. The van der Waals surface area contributed by atoms with Crippen LogP contribution in [0.15, 0.2) is 48.5 Å². The highest BCUT2D eigenvalue weighted by Crippen LogP contribution is 2.47. The third kappa shape index (κ3) is 6.81. The SMILES string of the molecule is CCCCC1CCC(CCc2ccc(-c3ccc(C4(C(C)CCC)CCCCC4)cc3)cc2)CC1. The van der Waals surface area contributed by atoms with E-state index >= 15 is 0 Å². The molecule has 0 N–H and O–H groups in total. The predicted molar refractivity (Wildman–Crippen MR) is 154 cm³/mol. The lowest BCUT2D eigenvalue weighted by molar-refractivity contribution is 0.192. The molecule has 0 nitrogen and oxygen atoms in total. The van der Waals surface area contributed by atoms with Crippen LogP contribution in [0, 0.1) is 17.8 Å². The zero-order chi connectivity index (χ0) is 24.5. The van der Waals surface area contributed by atoms with Crippen molar-refractivity contribution in [1.82, 2.24) is 0 Å². The van der Waals surface area contributed by atoms with Gasteiger partial charge in [0.2, 0.25) is 0 Å². The van der Waals surface area contributed by atoms with Gasteiger partial charge in [-0.3, -0.25) is 0 Å². The first kappa shape index (κ1) is 26.5. The summed E-state index contributed by atoms with van der Waals surface area (Å²) < 4.78 is 0. The van der Waals surface area contributed by atoms with Crippen molar-refractivity contribution in [2.24, 2.45) is 17.8 Å². The molecule has 0 aromatic heterocycles. The molecule has 0 heterocycles. The fourth-order valence-electron chi connectivity index (χ4n) is 7.49. The van der Waals surface area contributed by atoms with E-state index in [1.54, 1.807) is 5.56 Å². The summed E-state index contributed by atoms with van der Waals surface area (Å²) in [6.07, 6.45) is 22.4. The molecule has 0 spiro atoms. The van der Waals surface area contributed by atoms with Crippen LogP contribution in [0.5, 0.6) is 0 Å². The molecule has 0 aliphatic heterocycles. The molecule has 2 fully saturated rings. The van der Waals surface area contributed by atoms with E-state index in [9.17, 15) is 0 Å². The molecule has 0 bridgehead atoms. The summed E-state index contributed by atoms with van der Waals surface area (Å²) in [6, 6.07) is 19.2. The van der Waals surface area contributed by atoms with E-state index in [0.29, 0.717) is 5.41 Å². The van der Waals surface area contributed by atoms with Gasteiger partial charge in [0.05, 0.1) is 0 Å². The van der Waals surface area contributed by atoms with Gasteiger partial charge < -0.3 is 0 Å². The van der Waals surface area contributed by atoms with Crippen LogP contribution in [0.4, 0.5) is 0 Å². The average Bonchev–Trinajstić information content (AvgIpc) is 2.92. The van der Waals surface area contributed by atoms with Crippen LogP contribution in [0.1, 0.15) is 128 Å². The first-order chi connectivity index (χ1) is 17.1. The Morgan fingerprint density at radius 1 is 0.714 bits per heavy atom. The molecule has 0 radical (unpaired) electrons. The first-order valence-corrected chi connectivity index (χ1v) is 15.3. The second-order valence-electron chi connectivity index (χ2n) is 12.2. The molecule has 2 aliphatic carbocycles. The predicted octanol–water partition coefficient (Wildman–Crippen LogP) is 10.9. The summed E-state index contributed by atoms with van der Waals surface area (Å²) in [5.74, 6) is 2.77. The Bertz CT molecular complexity index is 844. The highest BCUT2D eigenvalue weighted by Gasteiger charge is 2.38. The van der Waals surface area contributed by atoms with Gasteiger partial charge in [-0.2, -0.15) is 0 Å². The highest BCUT2D eigenvalue weighted by atomic mass is 14.4. The fraction of sp³-hybridized carbons (Fsp3) is 0.657. The molecule has 0 amide bonds. The van der Waals surface area contributed by atoms with Crippen molar-refractivity contribution in [2.45, 2.75) is 129 Å². The van der Waals surface area contributed by atoms with Crippen molar-refractivity contribution >= 4 is 0 Å². The fourth-order valence-corrected chi connectivity index (χ4v) is 7.49. The lowest BCUT2D eigenvalue weighted by atomic mass is 9.61. The molecule has 1 unspecified atom stereocenters. The molecule has 2 aliphatic rings. The van der Waals surface area contributed by atoms with Crippen molar-refractivity contribution < 1.29 is 0 Å². The Kier molecular flexibility index (Phi) is 9.93. The summed E-state index contributed by atoms with van der Waals surface area (Å²) in [7, 11) is 0. The standard InChI is InChI=1S/C35H52/c1-4-6-11-29-12-14-30(15-13-29)16-17-31-18-20-32(21-19-31)33-22-24-34(25-23-33)35(28(3)10-5-2)26-8-7-9-27-35/h18-25,28-30H,4-17,26-27H2,1-3H3. The number of hydrogen-bond donors (Lipinski definition) is 0. The van der Waals surface area contributed by atoms with Crippen molar-refractivity contribution in [2.75, 3.05) is 0 Å². The summed E-state index contributed by atoms with van der Waals surface area (Å²) >= 11 is 0. The van der Waals surface area contributed by atoms with Crippen LogP contribution in [0.25, 0.3) is 11.1 Å². The molecule has 2 aromatic carbocycles. The van der Waals surface area contributed by atoms with Crippen molar-refractivity contribution in [3.63, 3.8) is 0 Å². The second kappa shape index (κ2) is 13.1. The Balaban J connectivity index is 1.33. The van der Waals surface area contributed by atoms with E-state index < -0.39 is 0 Å². The van der Waals surface area contributed by atoms with Gasteiger partial charge in [0.1, 0.15) is 0 Å². The van der Waals surface area contributed by atoms with Crippen molar-refractivity contribution in [3.05, 3.63) is 59.7 Å². The average molecular weight is 473 g/mol. The molecular weight excluding hydrogens is 420 g/mol. The number of hydrogen-bond acceptors (Lipinski definition) is 0. The monoisotopic (exact) mass is 472 g/mol. The molecule has 2 aromatic rings. The number of unbranched alkanes of at least 4 members (excludes halogenated alkanes) is 1. The molecule has 0 heteroatoms. The maximum absolute atomic E-state index is 2.51. The van der Waals surface area contributed by atoms with Crippen LogP contribution in [-0.2, 0) is 11.8 Å². The van der Waals surface area contributed by atoms with Gasteiger partial charge in [-0.1, -0.05) is 146 Å². The summed E-state index contributed by atoms with van der Waals surface area (Å²) in [5.41, 5.74) is 6.28. The first-order valence-electron chi connectivity index (χ1n) is 15.3. The minimum atomic E-state index is 0.409. The summed E-state index contributed by atoms with van der Waals surface area (Å²) in [6.45, 7) is 7.19. The number of benzene rings is 2. The third-order valence-corrected chi connectivity index (χ3v) is 9.93. The number of aryl methyl sites for hydroxylation is 1. The molecule has 192 valence electrons. The van der Waals surface area contributed by atoms with Crippen LogP contribution >= 0.6 is 0 Å². The Hall–Kier alpha value is -1.56. The van der Waals surface area contributed by atoms with Crippen LogP contribution in [0.3, 0.4) is 0 Å². The highest BCUT2D eigenvalue weighted by molar-refractivity contribution is 5.64. The second-order valence-corrected chi connectivity index (χ2v) is 12.2. The molecular formula is C35H52. The minimum Gasteiger partial charge on any atom is -0.0654 e. The van der Waals surface area contributed by atoms with Gasteiger partial charge in [-0.25, -0.2) is 0 Å². The Morgan fingerprint density at radius 2 is 1.29 bits per heavy atom. The van der Waals surface area contributed by atoms with Gasteiger partial charge in [-0.05, 0) is 71.1 Å². The zero-order valence-corrected chi connectivity index (χ0v) is 23.2. The van der Waals surface area contributed by atoms with E-state index in [4.69, 9.17) is 0 Å². The topological polar surface area (TPSA) is 0 Å². The van der Waals surface area contributed by atoms with Gasteiger partial charge in [0.15, 0.2) is 0 Å². The Morgan fingerprint density at radius 3 is 1.86 bits per heavy atom. The van der Waals surface area contributed by atoms with Crippen LogP contribution in [0.2, 0.25) is 0 Å². The van der Waals surface area contributed by atoms with E-state index in [1.807, 2.05) is 0 Å². The molecule has 0 saturated heterocycles. The van der Waals surface area contributed by atoms with Gasteiger partial charge in [0, 0.05) is 0 Å². The van der Waals surface area contributed by atoms with Crippen molar-refractivity contribution in [1.29, 1.82) is 0 Å². The quantitative estimate of drug-likeness (QED) is 0.305. The number of rotatable bonds is 11. The van der Waals surface area contributed by atoms with E-state index in [1.165, 1.54) is 119 Å². The summed E-state index contributed by atoms with van der Waals surface area (Å²) in [4.78, 5) is 0. The summed E-state index contributed by atoms with van der Waals surface area (Å²) in [5, 5.41) is 0. The van der Waals surface area contributed by atoms with E-state index in [-0.39, 0.29) is 0 Å².